The first-order chi connectivity index (χ1) is 11.8. The third-order valence-electron chi connectivity index (χ3n) is 4.55. The number of hydrogen-bond donors (Lipinski definition) is 2. The largest absolute Gasteiger partial charge is 0.356 e. The molecule has 2 atom stereocenters. The third-order valence-corrected chi connectivity index (χ3v) is 5.64. The fraction of sp³-hybridized carbons (Fsp3) is 0.588. The fourth-order valence-electron chi connectivity index (χ4n) is 3.23. The molecule has 0 aliphatic heterocycles. The maximum Gasteiger partial charge on any atom is 0.191 e. The van der Waals surface area contributed by atoms with Gasteiger partial charge in [0.2, 0.25) is 0 Å². The van der Waals surface area contributed by atoms with E-state index in [1.165, 1.54) is 25.7 Å². The average molecular weight is 347 g/mol. The Bertz CT molecular complexity index is 683. The Kier molecular flexibility index (Phi) is 5.96. The fourth-order valence-corrected chi connectivity index (χ4v) is 4.06. The molecule has 2 N–H and O–H groups in total. The van der Waals surface area contributed by atoms with Gasteiger partial charge in [-0.15, -0.1) is 10.2 Å². The molecular weight excluding hydrogens is 320 g/mol. The van der Waals surface area contributed by atoms with Crippen LogP contribution >= 0.6 is 11.8 Å². The Labute approximate surface area is 147 Å². The number of rotatable bonds is 5. The van der Waals surface area contributed by atoms with Crippen LogP contribution in [0.1, 0.15) is 31.5 Å². The van der Waals surface area contributed by atoms with Crippen molar-refractivity contribution >= 4 is 23.4 Å². The van der Waals surface area contributed by atoms with Crippen LogP contribution in [0.5, 0.6) is 0 Å². The summed E-state index contributed by atoms with van der Waals surface area (Å²) in [5.41, 5.74) is 0.889. The molecule has 6 nitrogen and oxygen atoms in total. The van der Waals surface area contributed by atoms with Gasteiger partial charge in [-0.25, -0.2) is 0 Å². The van der Waals surface area contributed by atoms with Gasteiger partial charge in [0.15, 0.2) is 11.6 Å². The lowest BCUT2D eigenvalue weighted by atomic mass is 9.95. The van der Waals surface area contributed by atoms with E-state index >= 15 is 0 Å². The van der Waals surface area contributed by atoms with Gasteiger partial charge in [0.05, 0.1) is 0 Å². The van der Waals surface area contributed by atoms with Crippen LogP contribution in [0.25, 0.3) is 5.65 Å². The maximum atomic E-state index is 4.36. The zero-order valence-corrected chi connectivity index (χ0v) is 15.2. The zero-order chi connectivity index (χ0) is 16.8. The molecule has 2 aromatic rings. The lowest BCUT2D eigenvalue weighted by Gasteiger charge is -2.29. The molecular formula is C17H26N6S. The number of aromatic nitrogens is 3. The molecule has 0 aromatic carbocycles. The minimum absolute atomic E-state index is 0.524. The van der Waals surface area contributed by atoms with Crippen molar-refractivity contribution in [3.8, 4) is 0 Å². The van der Waals surface area contributed by atoms with Crippen LogP contribution in [0.15, 0.2) is 29.4 Å². The van der Waals surface area contributed by atoms with Crippen molar-refractivity contribution in [1.82, 2.24) is 25.2 Å². The number of nitrogens with one attached hydrogen (secondary N) is 2. The van der Waals surface area contributed by atoms with E-state index in [1.807, 2.05) is 47.6 Å². The highest BCUT2D eigenvalue weighted by Gasteiger charge is 2.21. The van der Waals surface area contributed by atoms with Gasteiger partial charge in [0.25, 0.3) is 0 Å². The molecule has 2 unspecified atom stereocenters. The first-order valence-electron chi connectivity index (χ1n) is 8.58. The quantitative estimate of drug-likeness (QED) is 0.641. The molecule has 0 spiro atoms. The Morgan fingerprint density at radius 3 is 3.12 bits per heavy atom. The van der Waals surface area contributed by atoms with Crippen molar-refractivity contribution < 1.29 is 0 Å². The molecule has 1 fully saturated rings. The van der Waals surface area contributed by atoms with Crippen molar-refractivity contribution in [2.45, 2.75) is 43.4 Å². The Hall–Kier alpha value is -1.76. The van der Waals surface area contributed by atoms with E-state index in [0.717, 1.165) is 35.6 Å². The molecule has 1 aliphatic rings. The Morgan fingerprint density at radius 2 is 2.29 bits per heavy atom. The maximum absolute atomic E-state index is 4.36. The van der Waals surface area contributed by atoms with Crippen molar-refractivity contribution in [2.24, 2.45) is 4.99 Å². The van der Waals surface area contributed by atoms with Crippen LogP contribution < -0.4 is 10.6 Å². The third kappa shape index (κ3) is 4.20. The van der Waals surface area contributed by atoms with Gasteiger partial charge < -0.3 is 10.6 Å². The van der Waals surface area contributed by atoms with Gasteiger partial charge in [0.1, 0.15) is 5.82 Å². The van der Waals surface area contributed by atoms with Crippen molar-refractivity contribution in [3.05, 3.63) is 30.2 Å². The van der Waals surface area contributed by atoms with Crippen LogP contribution in [-0.4, -0.2) is 51.7 Å². The highest BCUT2D eigenvalue weighted by molar-refractivity contribution is 7.99. The van der Waals surface area contributed by atoms with E-state index in [2.05, 4.69) is 32.1 Å². The van der Waals surface area contributed by atoms with E-state index in [9.17, 15) is 0 Å². The van der Waals surface area contributed by atoms with E-state index in [0.29, 0.717) is 6.04 Å². The number of aliphatic imine (C=N–C) groups is 1. The first kappa shape index (κ1) is 17.1. The van der Waals surface area contributed by atoms with Gasteiger partial charge in [-0.05, 0) is 37.7 Å². The summed E-state index contributed by atoms with van der Waals surface area (Å²) in [7, 11) is 1.83. The highest BCUT2D eigenvalue weighted by Crippen LogP contribution is 2.26. The van der Waals surface area contributed by atoms with Crippen molar-refractivity contribution in [2.75, 3.05) is 19.8 Å². The SMILES string of the molecule is CN=C(NCCc1nnc2ccccn12)NC1CCCC(SC)C1. The second kappa shape index (κ2) is 8.37. The van der Waals surface area contributed by atoms with Crippen LogP contribution in [-0.2, 0) is 6.42 Å². The molecule has 0 bridgehead atoms. The predicted molar refractivity (Wildman–Crippen MR) is 101 cm³/mol. The molecule has 3 rings (SSSR count). The second-order valence-electron chi connectivity index (χ2n) is 6.16. The summed E-state index contributed by atoms with van der Waals surface area (Å²) in [6.45, 7) is 0.786. The summed E-state index contributed by atoms with van der Waals surface area (Å²) in [6.07, 6.45) is 10.1. The summed E-state index contributed by atoms with van der Waals surface area (Å²) >= 11 is 1.98. The van der Waals surface area contributed by atoms with Gasteiger partial charge in [-0.2, -0.15) is 11.8 Å². The average Bonchev–Trinajstić information content (AvgIpc) is 3.04. The van der Waals surface area contributed by atoms with Crippen LogP contribution in [0.4, 0.5) is 0 Å². The zero-order valence-electron chi connectivity index (χ0n) is 14.4. The van der Waals surface area contributed by atoms with E-state index in [-0.39, 0.29) is 0 Å². The van der Waals surface area contributed by atoms with Crippen LogP contribution in [0, 0.1) is 0 Å². The molecule has 2 aromatic heterocycles. The summed E-state index contributed by atoms with van der Waals surface area (Å²) in [5, 5.41) is 16.2. The molecule has 1 saturated carbocycles. The van der Waals surface area contributed by atoms with Gasteiger partial charge >= 0.3 is 0 Å². The number of thioether (sulfide) groups is 1. The molecule has 130 valence electrons. The van der Waals surface area contributed by atoms with Crippen molar-refractivity contribution in [3.63, 3.8) is 0 Å². The summed E-state index contributed by atoms with van der Waals surface area (Å²) in [6, 6.07) is 6.47. The van der Waals surface area contributed by atoms with Crippen molar-refractivity contribution in [1.29, 1.82) is 0 Å². The Balaban J connectivity index is 1.49. The number of nitrogens with zero attached hydrogens (tertiary/aromatic N) is 4. The minimum atomic E-state index is 0.524. The lowest BCUT2D eigenvalue weighted by molar-refractivity contribution is 0.419. The molecule has 7 heteroatoms. The molecule has 2 heterocycles. The normalized spacial score (nSPS) is 21.8. The number of hydrogen-bond acceptors (Lipinski definition) is 4. The van der Waals surface area contributed by atoms with Gasteiger partial charge in [0, 0.05) is 37.5 Å². The first-order valence-corrected chi connectivity index (χ1v) is 9.87. The molecule has 1 aliphatic carbocycles. The van der Waals surface area contributed by atoms with Crippen LogP contribution in [0.3, 0.4) is 0 Å². The van der Waals surface area contributed by atoms with Gasteiger partial charge in [-0.1, -0.05) is 12.5 Å². The smallest absolute Gasteiger partial charge is 0.191 e. The topological polar surface area (TPSA) is 66.6 Å². The van der Waals surface area contributed by atoms with Gasteiger partial charge in [-0.3, -0.25) is 9.39 Å². The highest BCUT2D eigenvalue weighted by atomic mass is 32.2. The van der Waals surface area contributed by atoms with E-state index in [4.69, 9.17) is 0 Å². The molecule has 24 heavy (non-hydrogen) atoms. The van der Waals surface area contributed by atoms with E-state index < -0.39 is 0 Å². The predicted octanol–water partition coefficient (Wildman–Crippen LogP) is 2.11. The monoisotopic (exact) mass is 346 g/mol. The number of pyridine rings is 1. The number of fused-ring (bicyclic) bond motifs is 1. The second-order valence-corrected chi connectivity index (χ2v) is 7.30. The Morgan fingerprint density at radius 1 is 1.38 bits per heavy atom. The molecule has 0 amide bonds. The summed E-state index contributed by atoms with van der Waals surface area (Å²) in [4.78, 5) is 4.36. The number of guanidine groups is 1. The molecule has 0 radical (unpaired) electrons. The summed E-state index contributed by atoms with van der Waals surface area (Å²) < 4.78 is 2.03. The minimum Gasteiger partial charge on any atom is -0.356 e. The standard InChI is InChI=1S/C17H26N6S/c1-18-17(20-13-6-5-7-14(12-13)24-2)19-10-9-16-22-21-15-8-3-4-11-23(15)16/h3-4,8,11,13-14H,5-7,9-10,12H2,1-2H3,(H2,18,19,20). The van der Waals surface area contributed by atoms with Crippen LogP contribution in [0.2, 0.25) is 0 Å². The molecule has 0 saturated heterocycles. The summed E-state index contributed by atoms with van der Waals surface area (Å²) in [5.74, 6) is 1.85. The van der Waals surface area contributed by atoms with E-state index in [1.54, 1.807) is 0 Å². The lowest BCUT2D eigenvalue weighted by Crippen LogP contribution is -2.46.